The highest BCUT2D eigenvalue weighted by atomic mass is 32.2. The maximum absolute atomic E-state index is 12.7. The standard InChI is InChI=1S/C21H28N2O5S2/c1-3-13-28-20-7-9-21(10-8-20)30(26,27)22-19-6-5-17-11-12-23(16-18(17)15-19)29(24,25)14-4-2/h5-10,15,22H,3-4,11-14,16H2,1-2H3. The average Bonchev–Trinajstić information content (AvgIpc) is 2.71. The predicted molar refractivity (Wildman–Crippen MR) is 118 cm³/mol. The van der Waals surface area contributed by atoms with Gasteiger partial charge in [-0.15, -0.1) is 0 Å². The summed E-state index contributed by atoms with van der Waals surface area (Å²) in [6.07, 6.45) is 2.05. The van der Waals surface area contributed by atoms with E-state index >= 15 is 0 Å². The van der Waals surface area contributed by atoms with Gasteiger partial charge in [0.2, 0.25) is 10.0 Å². The number of hydrogen-bond acceptors (Lipinski definition) is 5. The molecule has 0 spiro atoms. The van der Waals surface area contributed by atoms with Crippen molar-refractivity contribution in [2.24, 2.45) is 0 Å². The number of anilines is 1. The van der Waals surface area contributed by atoms with Gasteiger partial charge in [-0.2, -0.15) is 4.31 Å². The quantitative estimate of drug-likeness (QED) is 0.630. The molecule has 0 amide bonds. The highest BCUT2D eigenvalue weighted by Crippen LogP contribution is 2.26. The van der Waals surface area contributed by atoms with Crippen LogP contribution >= 0.6 is 0 Å². The molecule has 164 valence electrons. The molecule has 2 aromatic rings. The zero-order valence-corrected chi connectivity index (χ0v) is 18.9. The fraction of sp³-hybridized carbons (Fsp3) is 0.429. The summed E-state index contributed by atoms with van der Waals surface area (Å²) in [7, 11) is -7.06. The number of nitrogens with one attached hydrogen (secondary N) is 1. The zero-order valence-electron chi connectivity index (χ0n) is 17.3. The number of sulfonamides is 2. The van der Waals surface area contributed by atoms with E-state index in [1.165, 1.54) is 16.4 Å². The molecule has 0 aliphatic carbocycles. The van der Waals surface area contributed by atoms with Gasteiger partial charge in [0, 0.05) is 18.8 Å². The van der Waals surface area contributed by atoms with Crippen molar-refractivity contribution in [3.63, 3.8) is 0 Å². The highest BCUT2D eigenvalue weighted by Gasteiger charge is 2.26. The van der Waals surface area contributed by atoms with Crippen LogP contribution in [0.3, 0.4) is 0 Å². The molecule has 3 rings (SSSR count). The summed E-state index contributed by atoms with van der Waals surface area (Å²) in [5.41, 5.74) is 2.28. The Bertz CT molecular complexity index is 1080. The molecule has 1 aliphatic rings. The molecule has 0 fully saturated rings. The van der Waals surface area contributed by atoms with Crippen LogP contribution in [0, 0.1) is 0 Å². The van der Waals surface area contributed by atoms with E-state index in [1.54, 1.807) is 24.3 Å². The van der Waals surface area contributed by atoms with Gasteiger partial charge in [0.05, 0.1) is 17.3 Å². The smallest absolute Gasteiger partial charge is 0.261 e. The molecular weight excluding hydrogens is 424 g/mol. The first-order valence-electron chi connectivity index (χ1n) is 10.1. The van der Waals surface area contributed by atoms with Crippen molar-refractivity contribution >= 4 is 25.7 Å². The number of hydrogen-bond donors (Lipinski definition) is 1. The molecule has 0 unspecified atom stereocenters. The van der Waals surface area contributed by atoms with Crippen molar-refractivity contribution < 1.29 is 21.6 Å². The van der Waals surface area contributed by atoms with Crippen molar-refractivity contribution in [1.29, 1.82) is 0 Å². The molecule has 0 aromatic heterocycles. The van der Waals surface area contributed by atoms with E-state index in [1.807, 2.05) is 19.9 Å². The third kappa shape index (κ3) is 5.33. The minimum Gasteiger partial charge on any atom is -0.494 e. The van der Waals surface area contributed by atoms with Gasteiger partial charge in [-0.3, -0.25) is 4.72 Å². The van der Waals surface area contributed by atoms with Crippen molar-refractivity contribution in [2.45, 2.75) is 44.6 Å². The fourth-order valence-electron chi connectivity index (χ4n) is 3.37. The summed E-state index contributed by atoms with van der Waals surface area (Å²) in [5.74, 6) is 0.741. The lowest BCUT2D eigenvalue weighted by molar-refractivity contribution is 0.317. The first-order chi connectivity index (χ1) is 14.2. The van der Waals surface area contributed by atoms with Crippen LogP contribution in [-0.2, 0) is 33.0 Å². The Morgan fingerprint density at radius 2 is 1.70 bits per heavy atom. The van der Waals surface area contributed by atoms with E-state index in [-0.39, 0.29) is 17.2 Å². The van der Waals surface area contributed by atoms with Gasteiger partial charge in [0.15, 0.2) is 0 Å². The number of ether oxygens (including phenoxy) is 1. The van der Waals surface area contributed by atoms with E-state index in [0.29, 0.717) is 37.4 Å². The predicted octanol–water partition coefficient (Wildman–Crippen LogP) is 3.37. The van der Waals surface area contributed by atoms with Gasteiger partial charge in [0.25, 0.3) is 10.0 Å². The normalized spacial score (nSPS) is 14.9. The maximum atomic E-state index is 12.7. The minimum absolute atomic E-state index is 0.118. The molecule has 9 heteroatoms. The van der Waals surface area contributed by atoms with Gasteiger partial charge < -0.3 is 4.74 Å². The Labute approximate surface area is 179 Å². The third-order valence-electron chi connectivity index (χ3n) is 4.90. The van der Waals surface area contributed by atoms with Gasteiger partial charge in [-0.1, -0.05) is 19.9 Å². The monoisotopic (exact) mass is 452 g/mol. The molecule has 0 radical (unpaired) electrons. The van der Waals surface area contributed by atoms with E-state index in [9.17, 15) is 16.8 Å². The lowest BCUT2D eigenvalue weighted by Crippen LogP contribution is -2.37. The average molecular weight is 453 g/mol. The molecule has 30 heavy (non-hydrogen) atoms. The van der Waals surface area contributed by atoms with Crippen LogP contribution in [0.2, 0.25) is 0 Å². The van der Waals surface area contributed by atoms with Gasteiger partial charge in [-0.05, 0) is 66.8 Å². The molecule has 1 aliphatic heterocycles. The fourth-order valence-corrected chi connectivity index (χ4v) is 5.90. The molecular formula is C21H28N2O5S2. The van der Waals surface area contributed by atoms with E-state index < -0.39 is 20.0 Å². The van der Waals surface area contributed by atoms with Crippen molar-refractivity contribution in [3.05, 3.63) is 53.6 Å². The third-order valence-corrected chi connectivity index (χ3v) is 8.32. The lowest BCUT2D eigenvalue weighted by Gasteiger charge is -2.28. The molecule has 1 heterocycles. The van der Waals surface area contributed by atoms with E-state index in [0.717, 1.165) is 17.5 Å². The van der Waals surface area contributed by atoms with Gasteiger partial charge in [-0.25, -0.2) is 16.8 Å². The number of fused-ring (bicyclic) bond motifs is 1. The molecule has 7 nitrogen and oxygen atoms in total. The second-order valence-corrected chi connectivity index (χ2v) is 11.1. The first kappa shape index (κ1) is 22.6. The number of nitrogens with zero attached hydrogens (tertiary/aromatic N) is 1. The van der Waals surface area contributed by atoms with Gasteiger partial charge in [0.1, 0.15) is 5.75 Å². The molecule has 0 atom stereocenters. The number of benzene rings is 2. The van der Waals surface area contributed by atoms with Crippen LogP contribution in [0.1, 0.15) is 37.8 Å². The Kier molecular flexibility index (Phi) is 7.05. The molecule has 1 N–H and O–H groups in total. The summed E-state index contributed by atoms with van der Waals surface area (Å²) >= 11 is 0. The topological polar surface area (TPSA) is 92.8 Å². The summed E-state index contributed by atoms with van der Waals surface area (Å²) in [5, 5.41) is 0. The van der Waals surface area contributed by atoms with Crippen molar-refractivity contribution in [3.8, 4) is 5.75 Å². The molecule has 0 saturated carbocycles. The Morgan fingerprint density at radius 1 is 0.967 bits per heavy atom. The van der Waals surface area contributed by atoms with Crippen LogP contribution in [0.4, 0.5) is 5.69 Å². The summed E-state index contributed by atoms with van der Waals surface area (Å²) in [6, 6.07) is 11.6. The first-order valence-corrected chi connectivity index (χ1v) is 13.2. The van der Waals surface area contributed by atoms with Crippen LogP contribution in [-0.4, -0.2) is 40.0 Å². The van der Waals surface area contributed by atoms with Crippen LogP contribution in [0.15, 0.2) is 47.4 Å². The maximum Gasteiger partial charge on any atom is 0.261 e. The highest BCUT2D eigenvalue weighted by molar-refractivity contribution is 7.92. The summed E-state index contributed by atoms with van der Waals surface area (Å²) in [4.78, 5) is 0.135. The zero-order chi connectivity index (χ0) is 21.8. The summed E-state index contributed by atoms with van der Waals surface area (Å²) < 4.78 is 59.8. The van der Waals surface area contributed by atoms with E-state index in [2.05, 4.69) is 4.72 Å². The van der Waals surface area contributed by atoms with Crippen LogP contribution < -0.4 is 9.46 Å². The molecule has 2 aromatic carbocycles. The second kappa shape index (κ2) is 9.36. The molecule has 0 saturated heterocycles. The summed E-state index contributed by atoms with van der Waals surface area (Å²) in [6.45, 7) is 5.12. The van der Waals surface area contributed by atoms with Crippen molar-refractivity contribution in [2.75, 3.05) is 23.6 Å². The Morgan fingerprint density at radius 3 is 2.37 bits per heavy atom. The van der Waals surface area contributed by atoms with Crippen molar-refractivity contribution in [1.82, 2.24) is 4.31 Å². The largest absolute Gasteiger partial charge is 0.494 e. The van der Waals surface area contributed by atoms with Gasteiger partial charge >= 0.3 is 0 Å². The SMILES string of the molecule is CCCOc1ccc(S(=O)(=O)Nc2ccc3c(c2)CN(S(=O)(=O)CCC)CC3)cc1. The Balaban J connectivity index is 1.76. The molecule has 0 bridgehead atoms. The Hall–Kier alpha value is -2.10. The van der Waals surface area contributed by atoms with Crippen LogP contribution in [0.5, 0.6) is 5.75 Å². The number of rotatable bonds is 9. The second-order valence-electron chi connectivity index (χ2n) is 7.31. The van der Waals surface area contributed by atoms with Crippen LogP contribution in [0.25, 0.3) is 0 Å². The lowest BCUT2D eigenvalue weighted by atomic mass is 10.0. The van der Waals surface area contributed by atoms with E-state index in [4.69, 9.17) is 4.74 Å². The minimum atomic E-state index is -3.77.